The van der Waals surface area contributed by atoms with Gasteiger partial charge in [-0.25, -0.2) is 9.18 Å². The number of hydrogen-bond donors (Lipinski definition) is 3. The van der Waals surface area contributed by atoms with E-state index in [9.17, 15) is 40.6 Å². The number of aliphatic hydroxyl groups excluding tert-OH is 1. The summed E-state index contributed by atoms with van der Waals surface area (Å²) in [6, 6.07) is 3.26. The quantitative estimate of drug-likeness (QED) is 0.507. The van der Waals surface area contributed by atoms with Crippen LogP contribution in [0.15, 0.2) is 18.2 Å². The maximum atomic E-state index is 13.3. The Bertz CT molecular complexity index is 807. The fourth-order valence-electron chi connectivity index (χ4n) is 2.72. The van der Waals surface area contributed by atoms with Crippen molar-refractivity contribution in [2.75, 3.05) is 26.2 Å². The predicted octanol–water partition coefficient (Wildman–Crippen LogP) is 3.00. The summed E-state index contributed by atoms with van der Waals surface area (Å²) in [7, 11) is 0. The van der Waals surface area contributed by atoms with Crippen LogP contribution < -0.4 is 10.1 Å². The molecule has 1 fully saturated rings. The van der Waals surface area contributed by atoms with Gasteiger partial charge in [-0.1, -0.05) is 11.6 Å². The van der Waals surface area contributed by atoms with E-state index in [2.05, 4.69) is 0 Å². The lowest BCUT2D eigenvalue weighted by atomic mass is 10.1. The summed E-state index contributed by atoms with van der Waals surface area (Å²) in [6.45, 7) is 0.838. The monoisotopic (exact) mass is 512 g/mol. The second kappa shape index (κ2) is 12.2. The van der Waals surface area contributed by atoms with Gasteiger partial charge in [0.05, 0.1) is 5.02 Å². The first-order valence-electron chi connectivity index (χ1n) is 9.25. The molecule has 0 aromatic heterocycles. The lowest BCUT2D eigenvalue weighted by Gasteiger charge is -2.34. The van der Waals surface area contributed by atoms with Crippen molar-refractivity contribution in [2.24, 2.45) is 0 Å². The van der Waals surface area contributed by atoms with Crippen molar-refractivity contribution in [1.29, 1.82) is 0 Å². The number of carboxylic acid groups (broad SMARTS) is 1. The van der Waals surface area contributed by atoms with Crippen molar-refractivity contribution >= 4 is 23.5 Å². The predicted molar refractivity (Wildman–Crippen MR) is 100 cm³/mol. The average molecular weight is 513 g/mol. The molecule has 1 aromatic rings. The highest BCUT2D eigenvalue weighted by Crippen LogP contribution is 2.21. The Morgan fingerprint density at radius 2 is 1.82 bits per heavy atom. The van der Waals surface area contributed by atoms with Gasteiger partial charge in [0.25, 0.3) is 0 Å². The molecule has 15 heteroatoms. The minimum Gasteiger partial charge on any atom is -0.491 e. The van der Waals surface area contributed by atoms with E-state index in [0.29, 0.717) is 19.4 Å². The number of carbonyl (C=O) groups excluding carboxylic acids is 1. The number of piperidine rings is 1. The number of alkyl halides is 6. The number of β-amino-alcohol motifs (C(OH)–C–C–N with tert-alkyl or cyclic N) is 1. The maximum Gasteiger partial charge on any atom is 0.490 e. The summed E-state index contributed by atoms with van der Waals surface area (Å²) in [6.07, 6.45) is -9.89. The first kappa shape index (κ1) is 28.7. The number of rotatable bonds is 6. The first-order valence-corrected chi connectivity index (χ1v) is 9.63. The van der Waals surface area contributed by atoms with E-state index in [1.54, 1.807) is 4.90 Å². The molecule has 1 aliphatic rings. The standard InChI is InChI=1S/C16H19ClF4N2O3.C2HF3O2/c17-13-4-3-12(6-14(13)18)26-9-11(24)8-23-5-1-2-10(7-23)22-15(25)16(19,20)21;3-2(4,5)1(6)7/h3-4,6,10-11,24H,1-2,5,7-9H2,(H,22,25);(H,6,7)/t10-,11?;/m1./s1. The number of nitrogens with one attached hydrogen (secondary N) is 1. The molecule has 1 aromatic carbocycles. The Kier molecular flexibility index (Phi) is 10.6. The summed E-state index contributed by atoms with van der Waals surface area (Å²) in [5.41, 5.74) is 0. The van der Waals surface area contributed by atoms with Crippen LogP contribution in [0.1, 0.15) is 12.8 Å². The smallest absolute Gasteiger partial charge is 0.490 e. The van der Waals surface area contributed by atoms with Gasteiger partial charge in [0.15, 0.2) is 0 Å². The Morgan fingerprint density at radius 3 is 2.33 bits per heavy atom. The van der Waals surface area contributed by atoms with Crippen molar-refractivity contribution in [3.63, 3.8) is 0 Å². The summed E-state index contributed by atoms with van der Waals surface area (Å²) >= 11 is 5.56. The van der Waals surface area contributed by atoms with Gasteiger partial charge in [-0.05, 0) is 31.5 Å². The molecule has 1 aliphatic heterocycles. The Morgan fingerprint density at radius 1 is 1.21 bits per heavy atom. The van der Waals surface area contributed by atoms with E-state index >= 15 is 0 Å². The van der Waals surface area contributed by atoms with Crippen molar-refractivity contribution < 1.29 is 55.3 Å². The van der Waals surface area contributed by atoms with Crippen LogP contribution >= 0.6 is 11.6 Å². The molecule has 2 rings (SSSR count). The van der Waals surface area contributed by atoms with Crippen LogP contribution in [0.5, 0.6) is 5.75 Å². The zero-order valence-corrected chi connectivity index (χ0v) is 17.5. The third kappa shape index (κ3) is 10.9. The molecule has 0 radical (unpaired) electrons. The van der Waals surface area contributed by atoms with Gasteiger partial charge in [0.1, 0.15) is 24.3 Å². The molecule has 3 N–H and O–H groups in total. The molecule has 0 saturated carbocycles. The van der Waals surface area contributed by atoms with Gasteiger partial charge in [-0.3, -0.25) is 9.69 Å². The third-order valence-electron chi connectivity index (χ3n) is 4.14. The second-order valence-corrected chi connectivity index (χ2v) is 7.32. The van der Waals surface area contributed by atoms with Crippen molar-refractivity contribution in [2.45, 2.75) is 37.3 Å². The van der Waals surface area contributed by atoms with Crippen molar-refractivity contribution in [1.82, 2.24) is 10.2 Å². The molecule has 0 bridgehead atoms. The molecule has 0 spiro atoms. The number of carboxylic acids is 1. The Labute approximate surface area is 188 Å². The molecular weight excluding hydrogens is 493 g/mol. The number of amides is 1. The highest BCUT2D eigenvalue weighted by atomic mass is 35.5. The zero-order chi connectivity index (χ0) is 25.4. The normalized spacial score (nSPS) is 18.0. The number of likely N-dealkylation sites (tertiary alicyclic amines) is 1. The van der Waals surface area contributed by atoms with Crippen LogP contribution in [0.4, 0.5) is 30.7 Å². The maximum absolute atomic E-state index is 13.3. The SMILES string of the molecule is O=C(N[C@@H]1CCCN(CC(O)COc2ccc(Cl)c(F)c2)C1)C(F)(F)F.O=C(O)C(F)(F)F. The van der Waals surface area contributed by atoms with Gasteiger partial charge in [0, 0.05) is 25.2 Å². The van der Waals surface area contributed by atoms with Gasteiger partial charge < -0.3 is 20.3 Å². The second-order valence-electron chi connectivity index (χ2n) is 6.91. The highest BCUT2D eigenvalue weighted by molar-refractivity contribution is 6.30. The van der Waals surface area contributed by atoms with E-state index < -0.39 is 42.2 Å². The fraction of sp³-hybridized carbons (Fsp3) is 0.556. The van der Waals surface area contributed by atoms with Crippen LogP contribution in [0.3, 0.4) is 0 Å². The summed E-state index contributed by atoms with van der Waals surface area (Å²) in [4.78, 5) is 21.7. The first-order chi connectivity index (χ1) is 15.1. The average Bonchev–Trinajstić information content (AvgIpc) is 2.68. The van der Waals surface area contributed by atoms with Crippen molar-refractivity contribution in [3.05, 3.63) is 29.0 Å². The van der Waals surface area contributed by atoms with Gasteiger partial charge >= 0.3 is 24.2 Å². The summed E-state index contributed by atoms with van der Waals surface area (Å²) in [5, 5.41) is 19.1. The summed E-state index contributed by atoms with van der Waals surface area (Å²) in [5.74, 6) is -5.15. The fourth-order valence-corrected chi connectivity index (χ4v) is 2.83. The summed E-state index contributed by atoms with van der Waals surface area (Å²) < 4.78 is 87.3. The minimum atomic E-state index is -5.08. The Balaban J connectivity index is 0.000000675. The van der Waals surface area contributed by atoms with Crippen LogP contribution in [-0.4, -0.2) is 77.7 Å². The highest BCUT2D eigenvalue weighted by Gasteiger charge is 2.40. The number of nitrogens with zero attached hydrogens (tertiary/aromatic N) is 1. The van der Waals surface area contributed by atoms with E-state index in [1.165, 1.54) is 12.1 Å². The molecular formula is C18H20ClF7N2O5. The van der Waals surface area contributed by atoms with Crippen LogP contribution in [-0.2, 0) is 9.59 Å². The molecule has 1 amide bonds. The largest absolute Gasteiger partial charge is 0.491 e. The molecule has 1 heterocycles. The number of halogens is 8. The van der Waals surface area contributed by atoms with Crippen LogP contribution in [0.2, 0.25) is 5.02 Å². The number of hydrogen-bond acceptors (Lipinski definition) is 5. The van der Waals surface area contributed by atoms with E-state index in [1.807, 2.05) is 5.32 Å². The van der Waals surface area contributed by atoms with E-state index in [0.717, 1.165) is 6.07 Å². The van der Waals surface area contributed by atoms with Crippen molar-refractivity contribution in [3.8, 4) is 5.75 Å². The number of ether oxygens (including phenoxy) is 1. The number of carbonyl (C=O) groups is 2. The molecule has 1 unspecified atom stereocenters. The molecule has 0 aliphatic carbocycles. The lowest BCUT2D eigenvalue weighted by Crippen LogP contribution is -2.52. The molecule has 1 saturated heterocycles. The molecule has 188 valence electrons. The number of aliphatic hydroxyl groups is 1. The Hall–Kier alpha value is -2.32. The van der Waals surface area contributed by atoms with Gasteiger partial charge in [-0.2, -0.15) is 26.3 Å². The van der Waals surface area contributed by atoms with Crippen LogP contribution in [0, 0.1) is 5.82 Å². The molecule has 33 heavy (non-hydrogen) atoms. The molecule has 7 nitrogen and oxygen atoms in total. The topological polar surface area (TPSA) is 99.1 Å². The van der Waals surface area contributed by atoms with E-state index in [4.69, 9.17) is 26.2 Å². The number of benzene rings is 1. The van der Waals surface area contributed by atoms with Gasteiger partial charge in [0.2, 0.25) is 0 Å². The van der Waals surface area contributed by atoms with E-state index in [-0.39, 0.29) is 30.5 Å². The lowest BCUT2D eigenvalue weighted by molar-refractivity contribution is -0.192. The number of aliphatic carboxylic acids is 1. The zero-order valence-electron chi connectivity index (χ0n) is 16.7. The third-order valence-corrected chi connectivity index (χ3v) is 4.45. The van der Waals surface area contributed by atoms with Crippen LogP contribution in [0.25, 0.3) is 0 Å². The molecule has 2 atom stereocenters. The minimum absolute atomic E-state index is 0.0434. The van der Waals surface area contributed by atoms with Gasteiger partial charge in [-0.15, -0.1) is 0 Å².